The fraction of sp³-hybridized carbons (Fsp3) is 0.250. The summed E-state index contributed by atoms with van der Waals surface area (Å²) in [6.07, 6.45) is 0. The van der Waals surface area contributed by atoms with Crippen LogP contribution in [-0.4, -0.2) is 31.1 Å². The minimum atomic E-state index is -0.857. The van der Waals surface area contributed by atoms with Crippen LogP contribution in [-0.2, 0) is 11.8 Å². The lowest BCUT2D eigenvalue weighted by atomic mass is 10.2. The average molecular weight is 263 g/mol. The molecule has 18 heavy (non-hydrogen) atoms. The third-order valence-electron chi connectivity index (χ3n) is 2.50. The van der Waals surface area contributed by atoms with E-state index in [0.29, 0.717) is 5.16 Å². The topological polar surface area (TPSA) is 68.0 Å². The Labute approximate surface area is 109 Å². The van der Waals surface area contributed by atoms with Gasteiger partial charge in [-0.3, -0.25) is 4.79 Å². The van der Waals surface area contributed by atoms with Crippen molar-refractivity contribution in [3.05, 3.63) is 30.3 Å². The zero-order chi connectivity index (χ0) is 13.1. The van der Waals surface area contributed by atoms with Crippen molar-refractivity contribution in [2.24, 2.45) is 7.05 Å². The molecule has 2 aromatic rings. The van der Waals surface area contributed by atoms with Gasteiger partial charge < -0.3 is 9.67 Å². The normalized spacial score (nSPS) is 12.3. The zero-order valence-electron chi connectivity index (χ0n) is 10.1. The predicted octanol–water partition coefficient (Wildman–Crippen LogP) is 2.05. The number of hydrogen-bond donors (Lipinski definition) is 1. The second-order valence-corrected chi connectivity index (χ2v) is 5.14. The molecule has 0 amide bonds. The number of aromatic nitrogens is 3. The third kappa shape index (κ3) is 2.53. The SMILES string of the molecule is CC(Sc1nnc(-c2ccccc2)n1C)C(=O)O. The molecule has 0 radical (unpaired) electrons. The first-order chi connectivity index (χ1) is 8.59. The van der Waals surface area contributed by atoms with Crippen molar-refractivity contribution in [1.29, 1.82) is 0 Å². The van der Waals surface area contributed by atoms with Crippen LogP contribution < -0.4 is 0 Å². The molecule has 0 aliphatic carbocycles. The molecule has 1 aromatic heterocycles. The van der Waals surface area contributed by atoms with Crippen molar-refractivity contribution < 1.29 is 9.90 Å². The van der Waals surface area contributed by atoms with Crippen LogP contribution in [0.1, 0.15) is 6.92 Å². The van der Waals surface area contributed by atoms with E-state index in [-0.39, 0.29) is 0 Å². The highest BCUT2D eigenvalue weighted by atomic mass is 32.2. The van der Waals surface area contributed by atoms with Crippen LogP contribution in [0.25, 0.3) is 11.4 Å². The molecular weight excluding hydrogens is 250 g/mol. The van der Waals surface area contributed by atoms with Crippen LogP contribution in [0.5, 0.6) is 0 Å². The van der Waals surface area contributed by atoms with E-state index >= 15 is 0 Å². The van der Waals surface area contributed by atoms with E-state index < -0.39 is 11.2 Å². The molecule has 6 heteroatoms. The number of nitrogens with zero attached hydrogens (tertiary/aromatic N) is 3. The first kappa shape index (κ1) is 12.6. The average Bonchev–Trinajstić information content (AvgIpc) is 2.72. The first-order valence-electron chi connectivity index (χ1n) is 5.44. The van der Waals surface area contributed by atoms with Crippen molar-refractivity contribution in [3.8, 4) is 11.4 Å². The Hall–Kier alpha value is -1.82. The first-order valence-corrected chi connectivity index (χ1v) is 6.32. The maximum Gasteiger partial charge on any atom is 0.316 e. The van der Waals surface area contributed by atoms with Gasteiger partial charge in [-0.05, 0) is 6.92 Å². The Morgan fingerprint density at radius 1 is 1.33 bits per heavy atom. The third-order valence-corrected chi connectivity index (χ3v) is 3.62. The summed E-state index contributed by atoms with van der Waals surface area (Å²) in [5.41, 5.74) is 0.960. The number of rotatable bonds is 4. The van der Waals surface area contributed by atoms with E-state index in [2.05, 4.69) is 10.2 Å². The molecule has 0 aliphatic heterocycles. The van der Waals surface area contributed by atoms with Gasteiger partial charge in [0.05, 0.1) is 0 Å². The van der Waals surface area contributed by atoms with E-state index in [4.69, 9.17) is 5.11 Å². The number of carboxylic acid groups (broad SMARTS) is 1. The Kier molecular flexibility index (Phi) is 3.66. The number of benzene rings is 1. The molecule has 0 fully saturated rings. The van der Waals surface area contributed by atoms with E-state index in [1.807, 2.05) is 37.4 Å². The highest BCUT2D eigenvalue weighted by molar-refractivity contribution is 8.00. The number of carbonyl (C=O) groups is 1. The molecule has 0 aliphatic rings. The Balaban J connectivity index is 2.27. The second kappa shape index (κ2) is 5.22. The van der Waals surface area contributed by atoms with Crippen LogP contribution in [0.3, 0.4) is 0 Å². The minimum absolute atomic E-state index is 0.545. The maximum atomic E-state index is 10.8. The molecule has 0 spiro atoms. The van der Waals surface area contributed by atoms with Gasteiger partial charge in [-0.15, -0.1) is 10.2 Å². The van der Waals surface area contributed by atoms with Gasteiger partial charge in [-0.2, -0.15) is 0 Å². The van der Waals surface area contributed by atoms with Crippen LogP contribution >= 0.6 is 11.8 Å². The Morgan fingerprint density at radius 3 is 2.61 bits per heavy atom. The van der Waals surface area contributed by atoms with Crippen molar-refractivity contribution in [1.82, 2.24) is 14.8 Å². The summed E-state index contributed by atoms with van der Waals surface area (Å²) < 4.78 is 1.80. The summed E-state index contributed by atoms with van der Waals surface area (Å²) in [7, 11) is 1.83. The molecule has 1 N–H and O–H groups in total. The summed E-state index contributed by atoms with van der Waals surface area (Å²) in [6, 6.07) is 9.67. The van der Waals surface area contributed by atoms with Gasteiger partial charge in [0.1, 0.15) is 5.25 Å². The summed E-state index contributed by atoms with van der Waals surface area (Å²) in [6.45, 7) is 1.63. The van der Waals surface area contributed by atoms with E-state index in [9.17, 15) is 4.79 Å². The van der Waals surface area contributed by atoms with Gasteiger partial charge in [0, 0.05) is 12.6 Å². The Morgan fingerprint density at radius 2 is 2.00 bits per heavy atom. The van der Waals surface area contributed by atoms with Crippen molar-refractivity contribution in [2.75, 3.05) is 0 Å². The molecule has 1 atom stereocenters. The molecule has 5 nitrogen and oxygen atoms in total. The summed E-state index contributed by atoms with van der Waals surface area (Å²) in [5, 5.41) is 17.1. The smallest absolute Gasteiger partial charge is 0.316 e. The summed E-state index contributed by atoms with van der Waals surface area (Å²) >= 11 is 1.18. The molecule has 0 saturated heterocycles. The fourth-order valence-corrected chi connectivity index (χ4v) is 2.21. The van der Waals surface area contributed by atoms with Gasteiger partial charge in [-0.25, -0.2) is 0 Å². The molecule has 1 aromatic carbocycles. The zero-order valence-corrected chi connectivity index (χ0v) is 10.9. The van der Waals surface area contributed by atoms with Gasteiger partial charge >= 0.3 is 5.97 Å². The molecule has 1 unspecified atom stereocenters. The van der Waals surface area contributed by atoms with E-state index in [1.54, 1.807) is 11.5 Å². The maximum absolute atomic E-state index is 10.8. The van der Waals surface area contributed by atoms with Crippen molar-refractivity contribution >= 4 is 17.7 Å². The van der Waals surface area contributed by atoms with Crippen LogP contribution in [0.15, 0.2) is 35.5 Å². The number of carboxylic acids is 1. The molecular formula is C12H13N3O2S. The Bertz CT molecular complexity index is 554. The lowest BCUT2D eigenvalue weighted by molar-refractivity contribution is -0.136. The molecule has 0 bridgehead atoms. The molecule has 2 rings (SSSR count). The second-order valence-electron chi connectivity index (χ2n) is 3.83. The van der Waals surface area contributed by atoms with E-state index in [0.717, 1.165) is 11.4 Å². The minimum Gasteiger partial charge on any atom is -0.480 e. The van der Waals surface area contributed by atoms with Gasteiger partial charge in [0.15, 0.2) is 11.0 Å². The van der Waals surface area contributed by atoms with Crippen molar-refractivity contribution in [2.45, 2.75) is 17.3 Å². The largest absolute Gasteiger partial charge is 0.480 e. The van der Waals surface area contributed by atoms with Crippen LogP contribution in [0.2, 0.25) is 0 Å². The number of thioether (sulfide) groups is 1. The van der Waals surface area contributed by atoms with Gasteiger partial charge in [-0.1, -0.05) is 42.1 Å². The molecule has 0 saturated carbocycles. The fourth-order valence-electron chi connectivity index (χ4n) is 1.46. The highest BCUT2D eigenvalue weighted by Crippen LogP contribution is 2.25. The van der Waals surface area contributed by atoms with Crippen LogP contribution in [0, 0.1) is 0 Å². The van der Waals surface area contributed by atoms with Gasteiger partial charge in [0.25, 0.3) is 0 Å². The van der Waals surface area contributed by atoms with Crippen molar-refractivity contribution in [3.63, 3.8) is 0 Å². The standard InChI is InChI=1S/C12H13N3O2S/c1-8(11(16)17)18-12-14-13-10(15(12)2)9-6-4-3-5-7-9/h3-8H,1-2H3,(H,16,17). The van der Waals surface area contributed by atoms with Crippen LogP contribution in [0.4, 0.5) is 0 Å². The number of aliphatic carboxylic acids is 1. The number of hydrogen-bond acceptors (Lipinski definition) is 4. The summed E-state index contributed by atoms with van der Waals surface area (Å²) in [4.78, 5) is 10.8. The van der Waals surface area contributed by atoms with E-state index in [1.165, 1.54) is 11.8 Å². The monoisotopic (exact) mass is 263 g/mol. The quantitative estimate of drug-likeness (QED) is 0.855. The lowest BCUT2D eigenvalue weighted by Crippen LogP contribution is -2.12. The van der Waals surface area contributed by atoms with Gasteiger partial charge in [0.2, 0.25) is 0 Å². The lowest BCUT2D eigenvalue weighted by Gasteiger charge is -2.06. The summed E-state index contributed by atoms with van der Waals surface area (Å²) in [5.74, 6) is -0.125. The predicted molar refractivity (Wildman–Crippen MR) is 69.4 cm³/mol. The molecule has 94 valence electrons. The highest BCUT2D eigenvalue weighted by Gasteiger charge is 2.18. The molecule has 1 heterocycles.